The fourth-order valence-corrected chi connectivity index (χ4v) is 2.21. The fraction of sp³-hybridized carbons (Fsp3) is 0.333. The van der Waals surface area contributed by atoms with E-state index in [1.807, 2.05) is 19.9 Å². The first kappa shape index (κ1) is 14.5. The Hall–Kier alpha value is -1.88. The number of carbonyl (C=O) groups excluding carboxylic acids is 1. The van der Waals surface area contributed by atoms with Gasteiger partial charge in [-0.25, -0.2) is 0 Å². The van der Waals surface area contributed by atoms with Crippen molar-refractivity contribution in [2.24, 2.45) is 0 Å². The van der Waals surface area contributed by atoms with Crippen molar-refractivity contribution < 1.29 is 4.79 Å². The molecular weight excluding hydrogens is 270 g/mol. The number of aryl methyl sites for hydroxylation is 2. The van der Waals surface area contributed by atoms with E-state index < -0.39 is 0 Å². The number of hydrazine groups is 1. The first-order chi connectivity index (χ1) is 9.54. The molecule has 0 unspecified atom stereocenters. The number of anilines is 1. The van der Waals surface area contributed by atoms with Crippen LogP contribution in [-0.2, 0) is 4.79 Å². The van der Waals surface area contributed by atoms with Crippen molar-refractivity contribution in [3.05, 3.63) is 41.1 Å². The number of hydrogen-bond donors (Lipinski definition) is 3. The monoisotopic (exact) mass is 289 g/mol. The van der Waals surface area contributed by atoms with E-state index in [0.717, 1.165) is 29.8 Å². The highest BCUT2D eigenvalue weighted by Crippen LogP contribution is 2.16. The molecule has 3 N–H and O–H groups in total. The average molecular weight is 289 g/mol. The predicted octanol–water partition coefficient (Wildman–Crippen LogP) is 2.73. The zero-order valence-corrected chi connectivity index (χ0v) is 12.6. The third-order valence-corrected chi connectivity index (χ3v) is 3.39. The number of carbonyl (C=O) groups is 1. The molecular formula is C15H19N3OS. The molecule has 1 aromatic carbocycles. The molecule has 1 aliphatic rings. The number of hydrogen-bond acceptors (Lipinski definition) is 3. The van der Waals surface area contributed by atoms with Crippen molar-refractivity contribution in [1.29, 1.82) is 0 Å². The second kappa shape index (κ2) is 6.52. The number of nitrogens with one attached hydrogen (secondary N) is 3. The lowest BCUT2D eigenvalue weighted by Gasteiger charge is -2.18. The van der Waals surface area contributed by atoms with E-state index in [4.69, 9.17) is 12.2 Å². The first-order valence-electron chi connectivity index (χ1n) is 6.68. The molecule has 106 valence electrons. The van der Waals surface area contributed by atoms with Crippen molar-refractivity contribution >= 4 is 28.8 Å². The molecule has 0 atom stereocenters. The van der Waals surface area contributed by atoms with Gasteiger partial charge in [0.1, 0.15) is 0 Å². The maximum absolute atomic E-state index is 11.3. The van der Waals surface area contributed by atoms with E-state index in [-0.39, 0.29) is 5.78 Å². The molecule has 1 aromatic rings. The fourth-order valence-electron chi connectivity index (χ4n) is 2.05. The summed E-state index contributed by atoms with van der Waals surface area (Å²) in [5.41, 5.74) is 10.1. The molecule has 0 radical (unpaired) electrons. The highest BCUT2D eigenvalue weighted by Gasteiger charge is 2.09. The summed E-state index contributed by atoms with van der Waals surface area (Å²) in [4.78, 5) is 11.3. The second-order valence-electron chi connectivity index (χ2n) is 5.01. The van der Waals surface area contributed by atoms with Crippen molar-refractivity contribution in [1.82, 2.24) is 10.9 Å². The van der Waals surface area contributed by atoms with Crippen LogP contribution >= 0.6 is 12.2 Å². The molecule has 0 bridgehead atoms. The van der Waals surface area contributed by atoms with E-state index in [1.54, 1.807) is 6.08 Å². The van der Waals surface area contributed by atoms with Gasteiger partial charge in [-0.3, -0.25) is 10.2 Å². The van der Waals surface area contributed by atoms with E-state index >= 15 is 0 Å². The minimum Gasteiger partial charge on any atom is -0.331 e. The summed E-state index contributed by atoms with van der Waals surface area (Å²) in [5.74, 6) is 0.161. The lowest BCUT2D eigenvalue weighted by molar-refractivity contribution is -0.115. The summed E-state index contributed by atoms with van der Waals surface area (Å²) in [6, 6.07) is 6.16. The summed E-state index contributed by atoms with van der Waals surface area (Å²) in [5, 5.41) is 3.63. The summed E-state index contributed by atoms with van der Waals surface area (Å²) in [7, 11) is 0. The highest BCUT2D eigenvalue weighted by atomic mass is 32.1. The minimum absolute atomic E-state index is 0.161. The van der Waals surface area contributed by atoms with Gasteiger partial charge >= 0.3 is 0 Å². The van der Waals surface area contributed by atoms with Gasteiger partial charge < -0.3 is 10.7 Å². The van der Waals surface area contributed by atoms with Gasteiger partial charge in [0, 0.05) is 23.9 Å². The van der Waals surface area contributed by atoms with Crippen LogP contribution in [0, 0.1) is 13.8 Å². The molecule has 5 heteroatoms. The van der Waals surface area contributed by atoms with E-state index in [9.17, 15) is 4.79 Å². The van der Waals surface area contributed by atoms with Gasteiger partial charge in [-0.1, -0.05) is 12.1 Å². The predicted molar refractivity (Wildman–Crippen MR) is 85.3 cm³/mol. The molecule has 0 fully saturated rings. The van der Waals surface area contributed by atoms with Crippen molar-refractivity contribution in [2.45, 2.75) is 33.1 Å². The Bertz CT molecular complexity index is 566. The molecule has 4 nitrogen and oxygen atoms in total. The Morgan fingerprint density at radius 1 is 1.25 bits per heavy atom. The molecule has 0 aromatic heterocycles. The van der Waals surface area contributed by atoms with E-state index in [0.29, 0.717) is 11.5 Å². The molecule has 0 saturated heterocycles. The minimum atomic E-state index is 0.161. The number of ketones is 1. The quantitative estimate of drug-likeness (QED) is 0.590. The van der Waals surface area contributed by atoms with E-state index in [1.165, 1.54) is 5.56 Å². The molecule has 0 saturated carbocycles. The topological polar surface area (TPSA) is 53.2 Å². The van der Waals surface area contributed by atoms with Crippen molar-refractivity contribution in [3.63, 3.8) is 0 Å². The molecule has 0 aliphatic heterocycles. The van der Waals surface area contributed by atoms with Crippen LogP contribution in [0.1, 0.15) is 30.4 Å². The van der Waals surface area contributed by atoms with Gasteiger partial charge in [-0.05, 0) is 56.1 Å². The number of allylic oxidation sites excluding steroid dienone is 2. The average Bonchev–Trinajstić information content (AvgIpc) is 2.41. The van der Waals surface area contributed by atoms with Crippen molar-refractivity contribution in [3.8, 4) is 0 Å². The Balaban J connectivity index is 1.89. The SMILES string of the molecule is Cc1ccc(C)c(NC(=S)NNC2=CC(=O)CCC2)c1. The van der Waals surface area contributed by atoms with Crippen LogP contribution in [-0.4, -0.2) is 10.9 Å². The maximum Gasteiger partial charge on any atom is 0.189 e. The number of benzene rings is 1. The van der Waals surface area contributed by atoms with Gasteiger partial charge in [-0.15, -0.1) is 0 Å². The molecule has 0 spiro atoms. The highest BCUT2D eigenvalue weighted by molar-refractivity contribution is 7.80. The second-order valence-corrected chi connectivity index (χ2v) is 5.42. The third-order valence-electron chi connectivity index (χ3n) is 3.18. The van der Waals surface area contributed by atoms with Gasteiger partial charge in [0.2, 0.25) is 0 Å². The zero-order valence-electron chi connectivity index (χ0n) is 11.7. The Kier molecular flexibility index (Phi) is 4.74. The van der Waals surface area contributed by atoms with Crippen LogP contribution in [0.4, 0.5) is 5.69 Å². The maximum atomic E-state index is 11.3. The molecule has 0 amide bonds. The molecule has 20 heavy (non-hydrogen) atoms. The third kappa shape index (κ3) is 4.06. The number of thiocarbonyl (C=S) groups is 1. The molecule has 0 heterocycles. The van der Waals surface area contributed by atoms with Crippen LogP contribution in [0.15, 0.2) is 30.0 Å². The molecule has 1 aliphatic carbocycles. The van der Waals surface area contributed by atoms with Crippen molar-refractivity contribution in [2.75, 3.05) is 5.32 Å². The van der Waals surface area contributed by atoms with Gasteiger partial charge in [0.05, 0.1) is 0 Å². The number of rotatable bonds is 3. The lowest BCUT2D eigenvalue weighted by atomic mass is 10.0. The summed E-state index contributed by atoms with van der Waals surface area (Å²) in [6.45, 7) is 4.07. The first-order valence-corrected chi connectivity index (χ1v) is 7.09. The van der Waals surface area contributed by atoms with Crippen LogP contribution < -0.4 is 16.2 Å². The van der Waals surface area contributed by atoms with Crippen LogP contribution in [0.25, 0.3) is 0 Å². The van der Waals surface area contributed by atoms with Crippen LogP contribution in [0.2, 0.25) is 0 Å². The largest absolute Gasteiger partial charge is 0.331 e. The summed E-state index contributed by atoms with van der Waals surface area (Å²) < 4.78 is 0. The Morgan fingerprint density at radius 2 is 2.05 bits per heavy atom. The Morgan fingerprint density at radius 3 is 2.80 bits per heavy atom. The van der Waals surface area contributed by atoms with Gasteiger partial charge in [0.25, 0.3) is 0 Å². The summed E-state index contributed by atoms with van der Waals surface area (Å²) >= 11 is 5.24. The standard InChI is InChI=1S/C15H19N3OS/c1-10-6-7-11(2)14(8-10)16-15(20)18-17-12-4-3-5-13(19)9-12/h6-9,17H,3-5H2,1-2H3,(H2,16,18,20). The smallest absolute Gasteiger partial charge is 0.189 e. The van der Waals surface area contributed by atoms with Crippen LogP contribution in [0.5, 0.6) is 0 Å². The van der Waals surface area contributed by atoms with Gasteiger partial charge in [-0.2, -0.15) is 0 Å². The molecule has 2 rings (SSSR count). The van der Waals surface area contributed by atoms with Gasteiger partial charge in [0.15, 0.2) is 10.9 Å². The van der Waals surface area contributed by atoms with Crippen LogP contribution in [0.3, 0.4) is 0 Å². The Labute approximate surface area is 124 Å². The normalized spacial score (nSPS) is 14.5. The summed E-state index contributed by atoms with van der Waals surface area (Å²) in [6.07, 6.45) is 4.02. The lowest BCUT2D eigenvalue weighted by Crippen LogP contribution is -2.40. The van der Waals surface area contributed by atoms with E-state index in [2.05, 4.69) is 28.3 Å². The zero-order chi connectivity index (χ0) is 14.5.